The van der Waals surface area contributed by atoms with Gasteiger partial charge in [0.05, 0.1) is 11.6 Å². The van der Waals surface area contributed by atoms with Gasteiger partial charge in [-0.1, -0.05) is 13.8 Å². The Bertz CT molecular complexity index is 257. The molecule has 0 aromatic heterocycles. The molecule has 1 atom stereocenters. The van der Waals surface area contributed by atoms with E-state index in [0.717, 1.165) is 25.8 Å². The van der Waals surface area contributed by atoms with E-state index < -0.39 is 5.54 Å². The lowest BCUT2D eigenvalue weighted by Crippen LogP contribution is -2.54. The van der Waals surface area contributed by atoms with Gasteiger partial charge in [0, 0.05) is 6.42 Å². The first-order valence-electron chi connectivity index (χ1n) is 5.84. The van der Waals surface area contributed by atoms with Crippen LogP contribution in [0.2, 0.25) is 0 Å². The predicted octanol–water partition coefficient (Wildman–Crippen LogP) is 1.56. The van der Waals surface area contributed by atoms with Crippen LogP contribution in [0.1, 0.15) is 46.5 Å². The number of carbonyl (C=O) groups excluding carboxylic acids is 1. The number of rotatable bonds is 8. The van der Waals surface area contributed by atoms with Crippen LogP contribution in [-0.4, -0.2) is 18.0 Å². The van der Waals surface area contributed by atoms with Crippen LogP contribution in [0.25, 0.3) is 0 Å². The van der Waals surface area contributed by atoms with Gasteiger partial charge in [-0.3, -0.25) is 4.79 Å². The zero-order chi connectivity index (χ0) is 12.6. The monoisotopic (exact) mass is 225 g/mol. The summed E-state index contributed by atoms with van der Waals surface area (Å²) in [6.45, 7) is 6.71. The highest BCUT2D eigenvalue weighted by molar-refractivity contribution is 5.84. The summed E-state index contributed by atoms with van der Waals surface area (Å²) in [5.41, 5.74) is 4.78. The van der Waals surface area contributed by atoms with Crippen molar-refractivity contribution in [1.29, 1.82) is 5.26 Å². The van der Waals surface area contributed by atoms with E-state index in [2.05, 4.69) is 25.2 Å². The first-order valence-corrected chi connectivity index (χ1v) is 5.84. The van der Waals surface area contributed by atoms with Crippen LogP contribution < -0.4 is 11.1 Å². The Morgan fingerprint density at radius 1 is 1.50 bits per heavy atom. The summed E-state index contributed by atoms with van der Waals surface area (Å²) in [6, 6.07) is 2.10. The maximum absolute atomic E-state index is 11.4. The largest absolute Gasteiger partial charge is 0.368 e. The molecule has 16 heavy (non-hydrogen) atoms. The summed E-state index contributed by atoms with van der Waals surface area (Å²) >= 11 is 0. The quantitative estimate of drug-likeness (QED) is 0.615. The number of nitriles is 1. The zero-order valence-electron chi connectivity index (χ0n) is 10.5. The summed E-state index contributed by atoms with van der Waals surface area (Å²) in [5.74, 6) is 0.116. The fourth-order valence-electron chi connectivity index (χ4n) is 1.77. The average Bonchev–Trinajstić information content (AvgIpc) is 2.16. The molecule has 92 valence electrons. The van der Waals surface area contributed by atoms with Gasteiger partial charge >= 0.3 is 0 Å². The Balaban J connectivity index is 4.04. The van der Waals surface area contributed by atoms with E-state index in [9.17, 15) is 4.79 Å². The van der Waals surface area contributed by atoms with E-state index in [4.69, 9.17) is 11.0 Å². The van der Waals surface area contributed by atoms with Crippen molar-refractivity contribution in [3.05, 3.63) is 0 Å². The number of unbranched alkanes of at least 4 members (excludes halogenated alkanes) is 2. The molecule has 0 fully saturated rings. The van der Waals surface area contributed by atoms with Crippen LogP contribution in [0.4, 0.5) is 0 Å². The minimum Gasteiger partial charge on any atom is -0.368 e. The number of carbonyl (C=O) groups is 1. The topological polar surface area (TPSA) is 78.9 Å². The van der Waals surface area contributed by atoms with Crippen molar-refractivity contribution in [2.45, 2.75) is 52.0 Å². The molecule has 0 saturated heterocycles. The number of primary amides is 1. The molecule has 0 aliphatic carbocycles. The van der Waals surface area contributed by atoms with Crippen LogP contribution in [-0.2, 0) is 4.79 Å². The Labute approximate surface area is 98.2 Å². The van der Waals surface area contributed by atoms with Gasteiger partial charge in [-0.2, -0.15) is 5.26 Å². The first kappa shape index (κ1) is 14.9. The Morgan fingerprint density at radius 3 is 2.56 bits per heavy atom. The van der Waals surface area contributed by atoms with E-state index in [1.54, 1.807) is 0 Å². The SMILES string of the molecule is CC(C)C[C@](C)(NCCCCC#N)C(N)=O. The minimum atomic E-state index is -0.624. The van der Waals surface area contributed by atoms with Crippen LogP contribution in [0.5, 0.6) is 0 Å². The van der Waals surface area contributed by atoms with Crippen molar-refractivity contribution in [2.75, 3.05) is 6.54 Å². The molecular formula is C12H23N3O. The molecular weight excluding hydrogens is 202 g/mol. The number of hydrogen-bond acceptors (Lipinski definition) is 3. The Hall–Kier alpha value is -1.08. The van der Waals surface area contributed by atoms with Gasteiger partial charge < -0.3 is 11.1 Å². The van der Waals surface area contributed by atoms with Gasteiger partial charge in [-0.05, 0) is 38.6 Å². The van der Waals surface area contributed by atoms with Gasteiger partial charge in [0.1, 0.15) is 0 Å². The summed E-state index contributed by atoms with van der Waals surface area (Å²) < 4.78 is 0. The third kappa shape index (κ3) is 5.72. The lowest BCUT2D eigenvalue weighted by Gasteiger charge is -2.29. The Kier molecular flexibility index (Phi) is 6.75. The maximum Gasteiger partial charge on any atom is 0.237 e. The molecule has 0 heterocycles. The van der Waals surface area contributed by atoms with E-state index in [0.29, 0.717) is 12.3 Å². The predicted molar refractivity (Wildman–Crippen MR) is 64.5 cm³/mol. The van der Waals surface area contributed by atoms with Gasteiger partial charge in [0.25, 0.3) is 0 Å². The number of hydrogen-bond donors (Lipinski definition) is 2. The molecule has 0 rings (SSSR count). The zero-order valence-corrected chi connectivity index (χ0v) is 10.5. The van der Waals surface area contributed by atoms with Crippen molar-refractivity contribution in [3.63, 3.8) is 0 Å². The standard InChI is InChI=1S/C12H23N3O/c1-10(2)9-12(3,11(14)16)15-8-6-4-5-7-13/h10,15H,4-6,8-9H2,1-3H3,(H2,14,16)/t12-/m0/s1. The molecule has 1 amide bonds. The van der Waals surface area contributed by atoms with Gasteiger partial charge in [-0.15, -0.1) is 0 Å². The molecule has 0 bridgehead atoms. The molecule has 0 unspecified atom stereocenters. The molecule has 0 radical (unpaired) electrons. The fourth-order valence-corrected chi connectivity index (χ4v) is 1.77. The molecule has 0 aromatic carbocycles. The summed E-state index contributed by atoms with van der Waals surface area (Å²) in [4.78, 5) is 11.4. The summed E-state index contributed by atoms with van der Waals surface area (Å²) in [5, 5.41) is 11.6. The van der Waals surface area contributed by atoms with Crippen LogP contribution in [0.3, 0.4) is 0 Å². The van der Waals surface area contributed by atoms with Crippen LogP contribution in [0.15, 0.2) is 0 Å². The molecule has 0 saturated carbocycles. The highest BCUT2D eigenvalue weighted by Crippen LogP contribution is 2.16. The highest BCUT2D eigenvalue weighted by Gasteiger charge is 2.30. The van der Waals surface area contributed by atoms with Crippen molar-refractivity contribution < 1.29 is 4.79 Å². The smallest absolute Gasteiger partial charge is 0.237 e. The van der Waals surface area contributed by atoms with Gasteiger partial charge in [0.15, 0.2) is 0 Å². The average molecular weight is 225 g/mol. The number of nitrogens with two attached hydrogens (primary N) is 1. The first-order chi connectivity index (χ1) is 7.42. The fraction of sp³-hybridized carbons (Fsp3) is 0.833. The van der Waals surface area contributed by atoms with Crippen molar-refractivity contribution in [1.82, 2.24) is 5.32 Å². The van der Waals surface area contributed by atoms with Crippen molar-refractivity contribution >= 4 is 5.91 Å². The molecule has 3 N–H and O–H groups in total. The molecule has 4 heteroatoms. The lowest BCUT2D eigenvalue weighted by molar-refractivity contribution is -0.124. The lowest BCUT2D eigenvalue weighted by atomic mass is 9.90. The van der Waals surface area contributed by atoms with E-state index >= 15 is 0 Å². The minimum absolute atomic E-state index is 0.304. The molecule has 0 spiro atoms. The normalized spacial score (nSPS) is 14.4. The van der Waals surface area contributed by atoms with Crippen LogP contribution in [0, 0.1) is 17.2 Å². The Morgan fingerprint density at radius 2 is 2.12 bits per heavy atom. The second-order valence-electron chi connectivity index (χ2n) is 4.84. The molecule has 4 nitrogen and oxygen atoms in total. The van der Waals surface area contributed by atoms with Gasteiger partial charge in [0.2, 0.25) is 5.91 Å². The van der Waals surface area contributed by atoms with Crippen molar-refractivity contribution in [3.8, 4) is 6.07 Å². The van der Waals surface area contributed by atoms with Gasteiger partial charge in [-0.25, -0.2) is 0 Å². The van der Waals surface area contributed by atoms with E-state index in [-0.39, 0.29) is 5.91 Å². The molecule has 0 aliphatic heterocycles. The third-order valence-electron chi connectivity index (χ3n) is 2.59. The number of nitrogens with zero attached hydrogens (tertiary/aromatic N) is 1. The summed E-state index contributed by atoms with van der Waals surface area (Å²) in [6.07, 6.45) is 3.06. The number of nitrogens with one attached hydrogen (secondary N) is 1. The highest BCUT2D eigenvalue weighted by atomic mass is 16.1. The van der Waals surface area contributed by atoms with E-state index in [1.807, 2.05) is 6.92 Å². The second-order valence-corrected chi connectivity index (χ2v) is 4.84. The second kappa shape index (κ2) is 7.24. The van der Waals surface area contributed by atoms with E-state index in [1.165, 1.54) is 0 Å². The van der Waals surface area contributed by atoms with Crippen LogP contribution >= 0.6 is 0 Å². The third-order valence-corrected chi connectivity index (χ3v) is 2.59. The molecule has 0 aromatic rings. The molecule has 0 aliphatic rings. The summed E-state index contributed by atoms with van der Waals surface area (Å²) in [7, 11) is 0. The number of amides is 1. The van der Waals surface area contributed by atoms with Crippen molar-refractivity contribution in [2.24, 2.45) is 11.7 Å². The maximum atomic E-state index is 11.4.